The Hall–Kier alpha value is -1.89. The standard InChI is InChI=1S/C18H27N3O3S/c22-16(6-4-9-20-18(24)15-8-13-25-14-15)19-10-5-12-21-11-3-1-2-7-17(21)23/h8,13-14H,1-7,9-12H2,(H,19,22)(H,20,24). The highest BCUT2D eigenvalue weighted by Gasteiger charge is 2.15. The SMILES string of the molecule is O=C(CCCNC(=O)c1ccsc1)NCCCN1CCCCCC1=O. The maximum absolute atomic E-state index is 11.9. The molecule has 1 aliphatic heterocycles. The van der Waals surface area contributed by atoms with Crippen molar-refractivity contribution in [1.29, 1.82) is 0 Å². The van der Waals surface area contributed by atoms with Crippen LogP contribution >= 0.6 is 11.3 Å². The molecule has 0 bridgehead atoms. The minimum absolute atomic E-state index is 0.00743. The summed E-state index contributed by atoms with van der Waals surface area (Å²) in [5.74, 6) is 0.140. The van der Waals surface area contributed by atoms with Gasteiger partial charge in [-0.3, -0.25) is 14.4 Å². The Morgan fingerprint density at radius 1 is 1.12 bits per heavy atom. The van der Waals surface area contributed by atoms with Crippen molar-refractivity contribution in [2.45, 2.75) is 44.9 Å². The zero-order valence-corrected chi connectivity index (χ0v) is 15.4. The Morgan fingerprint density at radius 2 is 1.96 bits per heavy atom. The molecule has 2 N–H and O–H groups in total. The summed E-state index contributed by atoms with van der Waals surface area (Å²) >= 11 is 1.49. The number of nitrogens with zero attached hydrogens (tertiary/aromatic N) is 1. The Kier molecular flexibility index (Phi) is 8.45. The number of carbonyl (C=O) groups excluding carboxylic acids is 3. The molecule has 7 heteroatoms. The molecular formula is C18H27N3O3S. The van der Waals surface area contributed by atoms with E-state index in [0.29, 0.717) is 37.9 Å². The first-order valence-corrected chi connectivity index (χ1v) is 9.96. The number of thiophene rings is 1. The van der Waals surface area contributed by atoms with Gasteiger partial charge in [0.2, 0.25) is 11.8 Å². The fourth-order valence-electron chi connectivity index (χ4n) is 2.81. The number of carbonyl (C=O) groups is 3. The quantitative estimate of drug-likeness (QED) is 0.658. The molecule has 1 aliphatic rings. The zero-order chi connectivity index (χ0) is 17.9. The fourth-order valence-corrected chi connectivity index (χ4v) is 3.44. The summed E-state index contributed by atoms with van der Waals surface area (Å²) in [4.78, 5) is 37.3. The van der Waals surface area contributed by atoms with Crippen molar-refractivity contribution in [1.82, 2.24) is 15.5 Å². The number of hydrogen-bond acceptors (Lipinski definition) is 4. The van der Waals surface area contributed by atoms with Gasteiger partial charge < -0.3 is 15.5 Å². The maximum Gasteiger partial charge on any atom is 0.252 e. The molecule has 0 spiro atoms. The van der Waals surface area contributed by atoms with Crippen LogP contribution in [0.1, 0.15) is 55.3 Å². The summed E-state index contributed by atoms with van der Waals surface area (Å²) in [7, 11) is 0. The van der Waals surface area contributed by atoms with Gasteiger partial charge in [-0.1, -0.05) is 6.42 Å². The second-order valence-corrected chi connectivity index (χ2v) is 7.05. The van der Waals surface area contributed by atoms with Crippen LogP contribution in [-0.2, 0) is 9.59 Å². The first-order valence-electron chi connectivity index (χ1n) is 9.01. The monoisotopic (exact) mass is 365 g/mol. The summed E-state index contributed by atoms with van der Waals surface area (Å²) in [5.41, 5.74) is 0.664. The van der Waals surface area contributed by atoms with Crippen LogP contribution in [0, 0.1) is 0 Å². The molecule has 0 unspecified atom stereocenters. The molecule has 138 valence electrons. The molecule has 0 radical (unpaired) electrons. The van der Waals surface area contributed by atoms with E-state index in [0.717, 1.165) is 38.8 Å². The Balaban J connectivity index is 1.49. The van der Waals surface area contributed by atoms with Crippen LogP contribution in [0.2, 0.25) is 0 Å². The van der Waals surface area contributed by atoms with Crippen LogP contribution < -0.4 is 10.6 Å². The smallest absolute Gasteiger partial charge is 0.252 e. The lowest BCUT2D eigenvalue weighted by molar-refractivity contribution is -0.130. The summed E-state index contributed by atoms with van der Waals surface area (Å²) in [6.07, 6.45) is 5.65. The maximum atomic E-state index is 11.9. The van der Waals surface area contributed by atoms with E-state index < -0.39 is 0 Å². The Bertz CT molecular complexity index is 560. The van der Waals surface area contributed by atoms with Gasteiger partial charge in [0.25, 0.3) is 5.91 Å². The molecule has 0 saturated carbocycles. The predicted octanol–water partition coefficient (Wildman–Crippen LogP) is 2.17. The molecule has 2 heterocycles. The second-order valence-electron chi connectivity index (χ2n) is 6.27. The van der Waals surface area contributed by atoms with Crippen LogP contribution in [-0.4, -0.2) is 48.8 Å². The van der Waals surface area contributed by atoms with E-state index in [9.17, 15) is 14.4 Å². The molecule has 1 aromatic heterocycles. The summed E-state index contributed by atoms with van der Waals surface area (Å²) in [6, 6.07) is 1.78. The van der Waals surface area contributed by atoms with Gasteiger partial charge in [0.1, 0.15) is 0 Å². The minimum Gasteiger partial charge on any atom is -0.356 e. The van der Waals surface area contributed by atoms with Gasteiger partial charge in [0, 0.05) is 50.0 Å². The molecule has 1 aromatic rings. The largest absolute Gasteiger partial charge is 0.356 e. The van der Waals surface area contributed by atoms with E-state index in [1.54, 1.807) is 11.4 Å². The highest BCUT2D eigenvalue weighted by Crippen LogP contribution is 2.11. The number of amides is 3. The zero-order valence-electron chi connectivity index (χ0n) is 14.6. The third kappa shape index (κ3) is 7.25. The second kappa shape index (κ2) is 10.9. The molecule has 3 amide bonds. The Labute approximate surface area is 153 Å². The van der Waals surface area contributed by atoms with Crippen molar-refractivity contribution in [3.05, 3.63) is 22.4 Å². The van der Waals surface area contributed by atoms with E-state index >= 15 is 0 Å². The van der Waals surface area contributed by atoms with Crippen molar-refractivity contribution in [2.75, 3.05) is 26.2 Å². The van der Waals surface area contributed by atoms with Crippen LogP contribution in [0.25, 0.3) is 0 Å². The number of hydrogen-bond donors (Lipinski definition) is 2. The molecule has 2 rings (SSSR count). The lowest BCUT2D eigenvalue weighted by atomic mass is 10.2. The van der Waals surface area contributed by atoms with Crippen LogP contribution in [0.15, 0.2) is 16.8 Å². The highest BCUT2D eigenvalue weighted by molar-refractivity contribution is 7.08. The van der Waals surface area contributed by atoms with Crippen LogP contribution in [0.4, 0.5) is 0 Å². The van der Waals surface area contributed by atoms with Crippen LogP contribution in [0.5, 0.6) is 0 Å². The molecule has 25 heavy (non-hydrogen) atoms. The molecule has 1 fully saturated rings. The average Bonchev–Trinajstić information content (AvgIpc) is 3.07. The van der Waals surface area contributed by atoms with Crippen molar-refractivity contribution in [3.63, 3.8) is 0 Å². The molecule has 0 aliphatic carbocycles. The van der Waals surface area contributed by atoms with Crippen molar-refractivity contribution < 1.29 is 14.4 Å². The van der Waals surface area contributed by atoms with E-state index in [4.69, 9.17) is 0 Å². The number of likely N-dealkylation sites (tertiary alicyclic amines) is 1. The molecule has 0 atom stereocenters. The first-order chi connectivity index (χ1) is 12.2. The molecule has 6 nitrogen and oxygen atoms in total. The van der Waals surface area contributed by atoms with Gasteiger partial charge in [-0.25, -0.2) is 0 Å². The summed E-state index contributed by atoms with van der Waals surface area (Å²) in [5, 5.41) is 9.35. The van der Waals surface area contributed by atoms with E-state index in [2.05, 4.69) is 10.6 Å². The molecule has 0 aromatic carbocycles. The lowest BCUT2D eigenvalue weighted by Crippen LogP contribution is -2.34. The van der Waals surface area contributed by atoms with E-state index in [1.807, 2.05) is 10.3 Å². The number of rotatable bonds is 9. The lowest BCUT2D eigenvalue weighted by Gasteiger charge is -2.20. The third-order valence-electron chi connectivity index (χ3n) is 4.25. The normalized spacial score (nSPS) is 14.9. The molecule has 1 saturated heterocycles. The highest BCUT2D eigenvalue weighted by atomic mass is 32.1. The van der Waals surface area contributed by atoms with Crippen LogP contribution in [0.3, 0.4) is 0 Å². The van der Waals surface area contributed by atoms with Gasteiger partial charge >= 0.3 is 0 Å². The van der Waals surface area contributed by atoms with Gasteiger partial charge in [-0.05, 0) is 37.1 Å². The summed E-state index contributed by atoms with van der Waals surface area (Å²) in [6.45, 7) is 2.64. The Morgan fingerprint density at radius 3 is 2.76 bits per heavy atom. The predicted molar refractivity (Wildman–Crippen MR) is 98.6 cm³/mol. The topological polar surface area (TPSA) is 78.5 Å². The average molecular weight is 365 g/mol. The number of nitrogens with one attached hydrogen (secondary N) is 2. The van der Waals surface area contributed by atoms with Crippen molar-refractivity contribution in [3.8, 4) is 0 Å². The van der Waals surface area contributed by atoms with E-state index in [1.165, 1.54) is 11.3 Å². The van der Waals surface area contributed by atoms with Crippen molar-refractivity contribution >= 4 is 29.1 Å². The molecular weight excluding hydrogens is 338 g/mol. The first kappa shape index (κ1) is 19.4. The third-order valence-corrected chi connectivity index (χ3v) is 4.93. The van der Waals surface area contributed by atoms with E-state index in [-0.39, 0.29) is 17.7 Å². The summed E-state index contributed by atoms with van der Waals surface area (Å²) < 4.78 is 0. The van der Waals surface area contributed by atoms with Gasteiger partial charge in [0.15, 0.2) is 0 Å². The fraction of sp³-hybridized carbons (Fsp3) is 0.611. The van der Waals surface area contributed by atoms with Gasteiger partial charge in [-0.2, -0.15) is 11.3 Å². The van der Waals surface area contributed by atoms with Crippen molar-refractivity contribution in [2.24, 2.45) is 0 Å². The minimum atomic E-state index is -0.0937. The van der Waals surface area contributed by atoms with Gasteiger partial charge in [0.05, 0.1) is 0 Å². The van der Waals surface area contributed by atoms with Gasteiger partial charge in [-0.15, -0.1) is 0 Å².